The highest BCUT2D eigenvalue weighted by atomic mass is 35.5. The molecule has 5 heteroatoms. The highest BCUT2D eigenvalue weighted by molar-refractivity contribution is 6.29. The van der Waals surface area contributed by atoms with Gasteiger partial charge in [-0.2, -0.15) is 0 Å². The first-order valence-electron chi connectivity index (χ1n) is 5.05. The second kappa shape index (κ2) is 4.31. The van der Waals surface area contributed by atoms with Crippen LogP contribution in [0.5, 0.6) is 0 Å². The molecule has 1 fully saturated rings. The van der Waals surface area contributed by atoms with Crippen molar-refractivity contribution in [2.24, 2.45) is 0 Å². The molecule has 3 nitrogen and oxygen atoms in total. The Balaban J connectivity index is 2.35. The summed E-state index contributed by atoms with van der Waals surface area (Å²) in [6.45, 7) is -0.0233. The van der Waals surface area contributed by atoms with Crippen LogP contribution in [0.3, 0.4) is 0 Å². The fourth-order valence-corrected chi connectivity index (χ4v) is 1.77. The predicted molar refractivity (Wildman–Crippen MR) is 56.1 cm³/mol. The first-order valence-corrected chi connectivity index (χ1v) is 5.43. The van der Waals surface area contributed by atoms with Crippen molar-refractivity contribution in [2.75, 3.05) is 6.67 Å². The largest absolute Gasteiger partial charge is 0.296 e. The molecule has 0 N–H and O–H groups in total. The molecule has 82 valence electrons. The van der Waals surface area contributed by atoms with Crippen LogP contribution in [0.2, 0.25) is 5.15 Å². The molecular weight excluding hydrogens is 219 g/mol. The standard InChI is InChI=1S/C10H12ClFN2O/c11-8-6-9(15)14(5-1-4-12)10(13-8)7-2-3-7/h6-7H,1-5H2. The monoisotopic (exact) mass is 230 g/mol. The van der Waals surface area contributed by atoms with E-state index in [1.807, 2.05) is 0 Å². The minimum absolute atomic E-state index is 0.176. The van der Waals surface area contributed by atoms with Gasteiger partial charge in [0.05, 0.1) is 6.67 Å². The second-order valence-electron chi connectivity index (χ2n) is 3.74. The number of rotatable bonds is 4. The van der Waals surface area contributed by atoms with Gasteiger partial charge in [-0.1, -0.05) is 11.6 Å². The first-order chi connectivity index (χ1) is 7.22. The van der Waals surface area contributed by atoms with Crippen LogP contribution in [0.1, 0.15) is 31.0 Å². The van der Waals surface area contributed by atoms with Gasteiger partial charge in [-0.25, -0.2) is 4.98 Å². The molecule has 1 heterocycles. The third-order valence-electron chi connectivity index (χ3n) is 2.46. The van der Waals surface area contributed by atoms with Crippen molar-refractivity contribution >= 4 is 11.6 Å². The minimum Gasteiger partial charge on any atom is -0.296 e. The van der Waals surface area contributed by atoms with Crippen molar-refractivity contribution in [1.82, 2.24) is 9.55 Å². The van der Waals surface area contributed by atoms with Crippen LogP contribution in [0.25, 0.3) is 0 Å². The van der Waals surface area contributed by atoms with Crippen LogP contribution in [0.15, 0.2) is 10.9 Å². The van der Waals surface area contributed by atoms with Crippen LogP contribution >= 0.6 is 11.6 Å². The second-order valence-corrected chi connectivity index (χ2v) is 4.13. The molecule has 1 saturated carbocycles. The Morgan fingerprint density at radius 3 is 2.93 bits per heavy atom. The third kappa shape index (κ3) is 2.37. The van der Waals surface area contributed by atoms with E-state index in [1.54, 1.807) is 4.57 Å². The van der Waals surface area contributed by atoms with Gasteiger partial charge in [0.15, 0.2) is 0 Å². The van der Waals surface area contributed by atoms with Gasteiger partial charge in [0.1, 0.15) is 11.0 Å². The molecule has 0 bridgehead atoms. The normalized spacial score (nSPS) is 15.6. The Hall–Kier alpha value is -0.900. The van der Waals surface area contributed by atoms with Crippen LogP contribution < -0.4 is 5.56 Å². The summed E-state index contributed by atoms with van der Waals surface area (Å²) in [7, 11) is 0. The molecule has 0 saturated heterocycles. The van der Waals surface area contributed by atoms with E-state index in [9.17, 15) is 9.18 Å². The van der Waals surface area contributed by atoms with Crippen molar-refractivity contribution in [2.45, 2.75) is 31.7 Å². The van der Waals surface area contributed by atoms with Crippen LogP contribution in [0.4, 0.5) is 4.39 Å². The molecule has 1 aliphatic rings. The van der Waals surface area contributed by atoms with E-state index in [2.05, 4.69) is 4.98 Å². The number of hydrogen-bond acceptors (Lipinski definition) is 2. The lowest BCUT2D eigenvalue weighted by Gasteiger charge is -2.10. The molecule has 0 unspecified atom stereocenters. The summed E-state index contributed by atoms with van der Waals surface area (Å²) in [5.41, 5.74) is -0.176. The zero-order chi connectivity index (χ0) is 10.8. The summed E-state index contributed by atoms with van der Waals surface area (Å²) in [6, 6.07) is 1.28. The van der Waals surface area contributed by atoms with E-state index in [0.717, 1.165) is 18.7 Å². The third-order valence-corrected chi connectivity index (χ3v) is 2.66. The van der Waals surface area contributed by atoms with Crippen molar-refractivity contribution in [3.8, 4) is 0 Å². The Morgan fingerprint density at radius 1 is 1.60 bits per heavy atom. The first kappa shape index (κ1) is 10.6. The number of aromatic nitrogens is 2. The lowest BCUT2D eigenvalue weighted by Crippen LogP contribution is -2.24. The van der Waals surface area contributed by atoms with Gasteiger partial charge in [-0.15, -0.1) is 0 Å². The van der Waals surface area contributed by atoms with E-state index in [4.69, 9.17) is 11.6 Å². The van der Waals surface area contributed by atoms with E-state index in [-0.39, 0.29) is 10.7 Å². The zero-order valence-electron chi connectivity index (χ0n) is 8.25. The maximum absolute atomic E-state index is 12.1. The maximum atomic E-state index is 12.1. The lowest BCUT2D eigenvalue weighted by molar-refractivity contribution is 0.437. The molecule has 1 aromatic heterocycles. The molecule has 0 spiro atoms. The Labute approximate surface area is 91.9 Å². The minimum atomic E-state index is -0.417. The van der Waals surface area contributed by atoms with Crippen LogP contribution in [-0.2, 0) is 6.54 Å². The highest BCUT2D eigenvalue weighted by Crippen LogP contribution is 2.38. The fraction of sp³-hybridized carbons (Fsp3) is 0.600. The lowest BCUT2D eigenvalue weighted by atomic mass is 10.3. The number of halogens is 2. The van der Waals surface area contributed by atoms with Gasteiger partial charge >= 0.3 is 0 Å². The topological polar surface area (TPSA) is 34.9 Å². The average molecular weight is 231 g/mol. The van der Waals surface area contributed by atoms with E-state index < -0.39 is 6.67 Å². The Morgan fingerprint density at radius 2 is 2.33 bits per heavy atom. The number of hydrogen-bond donors (Lipinski definition) is 0. The van der Waals surface area contributed by atoms with Gasteiger partial charge in [-0.3, -0.25) is 13.8 Å². The molecule has 0 radical (unpaired) electrons. The average Bonchev–Trinajstić information content (AvgIpc) is 2.98. The molecule has 0 aliphatic heterocycles. The van der Waals surface area contributed by atoms with E-state index in [0.29, 0.717) is 18.9 Å². The van der Waals surface area contributed by atoms with Crippen LogP contribution in [-0.4, -0.2) is 16.2 Å². The van der Waals surface area contributed by atoms with Crippen LogP contribution in [0, 0.1) is 0 Å². The fourth-order valence-electron chi connectivity index (χ4n) is 1.59. The summed E-state index contributed by atoms with van der Waals surface area (Å²) in [4.78, 5) is 15.8. The quantitative estimate of drug-likeness (QED) is 0.743. The van der Waals surface area contributed by atoms with Gasteiger partial charge in [0.25, 0.3) is 5.56 Å². The number of nitrogens with zero attached hydrogens (tertiary/aromatic N) is 2. The Kier molecular flexibility index (Phi) is 3.05. The highest BCUT2D eigenvalue weighted by Gasteiger charge is 2.28. The molecule has 2 rings (SSSR count). The molecule has 0 aromatic carbocycles. The van der Waals surface area contributed by atoms with Crippen molar-refractivity contribution in [1.29, 1.82) is 0 Å². The molecular formula is C10H12ClFN2O. The molecule has 1 aliphatic carbocycles. The number of alkyl halides is 1. The Bertz CT molecular complexity index is 414. The molecule has 15 heavy (non-hydrogen) atoms. The maximum Gasteiger partial charge on any atom is 0.254 e. The molecule has 1 aromatic rings. The van der Waals surface area contributed by atoms with Crippen molar-refractivity contribution < 1.29 is 4.39 Å². The van der Waals surface area contributed by atoms with Gasteiger partial charge in [0.2, 0.25) is 0 Å². The SMILES string of the molecule is O=c1cc(Cl)nc(C2CC2)n1CCCF. The van der Waals surface area contributed by atoms with Gasteiger partial charge in [0, 0.05) is 18.5 Å². The van der Waals surface area contributed by atoms with E-state index >= 15 is 0 Å². The zero-order valence-corrected chi connectivity index (χ0v) is 9.00. The molecule has 0 atom stereocenters. The summed E-state index contributed by atoms with van der Waals surface area (Å²) in [5, 5.41) is 0.235. The van der Waals surface area contributed by atoms with Gasteiger partial charge < -0.3 is 0 Å². The predicted octanol–water partition coefficient (Wildman–Crippen LogP) is 2.13. The summed E-state index contributed by atoms with van der Waals surface area (Å²) in [6.07, 6.45) is 2.44. The summed E-state index contributed by atoms with van der Waals surface area (Å²) < 4.78 is 13.6. The smallest absolute Gasteiger partial charge is 0.254 e. The summed E-state index contributed by atoms with van der Waals surface area (Å²) in [5.74, 6) is 1.07. The van der Waals surface area contributed by atoms with Crippen molar-refractivity contribution in [3.63, 3.8) is 0 Å². The van der Waals surface area contributed by atoms with Gasteiger partial charge in [-0.05, 0) is 19.3 Å². The van der Waals surface area contributed by atoms with Crippen molar-refractivity contribution in [3.05, 3.63) is 27.4 Å². The summed E-state index contributed by atoms with van der Waals surface area (Å²) >= 11 is 5.73. The molecule has 0 amide bonds. The van der Waals surface area contributed by atoms with E-state index in [1.165, 1.54) is 6.07 Å².